The smallest absolute Gasteiger partial charge is 0.489 e. The number of benzene rings is 2. The zero-order chi connectivity index (χ0) is 13.3. The van der Waals surface area contributed by atoms with Gasteiger partial charge in [-0.1, -0.05) is 29.8 Å². The monoisotopic (exact) mass is 262 g/mol. The van der Waals surface area contributed by atoms with Crippen molar-refractivity contribution in [3.8, 4) is 16.9 Å². The van der Waals surface area contributed by atoms with Crippen LogP contribution in [-0.4, -0.2) is 22.3 Å². The Morgan fingerprint density at radius 3 is 2.50 bits per heavy atom. The lowest BCUT2D eigenvalue weighted by Gasteiger charge is -2.14. The highest BCUT2D eigenvalue weighted by Crippen LogP contribution is 2.32. The summed E-state index contributed by atoms with van der Waals surface area (Å²) in [7, 11) is -1.60. The summed E-state index contributed by atoms with van der Waals surface area (Å²) in [5.41, 5.74) is 2.25. The molecule has 0 radical (unpaired) electrons. The summed E-state index contributed by atoms with van der Waals surface area (Å²) in [6.07, 6.45) is 0. The fraction of sp³-hybridized carbons (Fsp3) is 0.0769. The summed E-state index contributed by atoms with van der Waals surface area (Å²) in [6, 6.07) is 9.83. The zero-order valence-electron chi connectivity index (χ0n) is 9.76. The van der Waals surface area contributed by atoms with Gasteiger partial charge in [0.25, 0.3) is 0 Å². The fourth-order valence-corrected chi connectivity index (χ4v) is 2.15. The van der Waals surface area contributed by atoms with Crippen molar-refractivity contribution in [2.45, 2.75) is 6.92 Å². The predicted molar refractivity (Wildman–Crippen MR) is 73.1 cm³/mol. The van der Waals surface area contributed by atoms with Crippen molar-refractivity contribution in [1.82, 2.24) is 0 Å². The van der Waals surface area contributed by atoms with E-state index in [1.54, 1.807) is 24.3 Å². The standard InChI is InChI=1S/C13H12BClO3/c1-8-3-2-4-11(14(17)18)13(8)10-7-9(15)5-6-12(10)16/h2-7,16-18H,1H3. The SMILES string of the molecule is Cc1cccc(B(O)O)c1-c1cc(Cl)ccc1O. The van der Waals surface area contributed by atoms with E-state index in [2.05, 4.69) is 0 Å². The van der Waals surface area contributed by atoms with Gasteiger partial charge in [0.05, 0.1) is 0 Å². The van der Waals surface area contributed by atoms with E-state index in [4.69, 9.17) is 11.6 Å². The molecule has 92 valence electrons. The third-order valence-corrected chi connectivity index (χ3v) is 3.05. The molecule has 0 heterocycles. The van der Waals surface area contributed by atoms with Crippen LogP contribution >= 0.6 is 11.6 Å². The van der Waals surface area contributed by atoms with E-state index in [1.807, 2.05) is 13.0 Å². The van der Waals surface area contributed by atoms with Crippen LogP contribution in [-0.2, 0) is 0 Å². The van der Waals surface area contributed by atoms with Crippen LogP contribution in [0.25, 0.3) is 11.1 Å². The van der Waals surface area contributed by atoms with Crippen molar-refractivity contribution in [2.24, 2.45) is 0 Å². The van der Waals surface area contributed by atoms with Gasteiger partial charge >= 0.3 is 7.12 Å². The second-order valence-electron chi connectivity index (χ2n) is 4.07. The molecule has 0 saturated heterocycles. The number of phenols is 1. The van der Waals surface area contributed by atoms with Crippen LogP contribution in [0.15, 0.2) is 36.4 Å². The molecule has 0 spiro atoms. The first-order chi connectivity index (χ1) is 8.50. The number of aromatic hydroxyl groups is 1. The number of aryl methyl sites for hydroxylation is 1. The highest BCUT2D eigenvalue weighted by molar-refractivity contribution is 6.60. The molecule has 0 fully saturated rings. The van der Waals surface area contributed by atoms with Crippen LogP contribution in [0.3, 0.4) is 0 Å². The molecule has 0 unspecified atom stereocenters. The molecule has 0 aliphatic rings. The van der Waals surface area contributed by atoms with Gasteiger partial charge in [-0.3, -0.25) is 0 Å². The first-order valence-corrected chi connectivity index (χ1v) is 5.83. The molecule has 0 bridgehead atoms. The van der Waals surface area contributed by atoms with E-state index < -0.39 is 7.12 Å². The van der Waals surface area contributed by atoms with Gasteiger partial charge in [-0.15, -0.1) is 0 Å². The van der Waals surface area contributed by atoms with Crippen LogP contribution < -0.4 is 5.46 Å². The molecule has 0 saturated carbocycles. The van der Waals surface area contributed by atoms with Crippen LogP contribution in [0.1, 0.15) is 5.56 Å². The van der Waals surface area contributed by atoms with Gasteiger partial charge in [-0.25, -0.2) is 0 Å². The van der Waals surface area contributed by atoms with Gasteiger partial charge < -0.3 is 15.2 Å². The topological polar surface area (TPSA) is 60.7 Å². The Kier molecular flexibility index (Phi) is 3.61. The minimum absolute atomic E-state index is 0.0515. The molecule has 2 rings (SSSR count). The molecule has 0 aliphatic heterocycles. The van der Waals surface area contributed by atoms with Crippen molar-refractivity contribution in [1.29, 1.82) is 0 Å². The Labute approximate surface area is 110 Å². The first kappa shape index (κ1) is 13.0. The summed E-state index contributed by atoms with van der Waals surface area (Å²) in [5, 5.41) is 29.2. The van der Waals surface area contributed by atoms with E-state index in [-0.39, 0.29) is 5.75 Å². The Hall–Kier alpha value is -1.49. The van der Waals surface area contributed by atoms with Crippen molar-refractivity contribution in [2.75, 3.05) is 0 Å². The summed E-state index contributed by atoms with van der Waals surface area (Å²) in [5.74, 6) is 0.0515. The summed E-state index contributed by atoms with van der Waals surface area (Å²) in [6.45, 7) is 1.83. The van der Waals surface area contributed by atoms with E-state index in [0.717, 1.165) is 5.56 Å². The minimum atomic E-state index is -1.60. The van der Waals surface area contributed by atoms with Crippen molar-refractivity contribution in [3.63, 3.8) is 0 Å². The molecule has 3 N–H and O–H groups in total. The Morgan fingerprint density at radius 2 is 1.83 bits per heavy atom. The van der Waals surface area contributed by atoms with E-state index in [1.165, 1.54) is 6.07 Å². The molecule has 3 nitrogen and oxygen atoms in total. The second kappa shape index (κ2) is 5.02. The number of halogens is 1. The molecule has 0 amide bonds. The van der Waals surface area contributed by atoms with Gasteiger partial charge in [0.15, 0.2) is 0 Å². The number of phenolic OH excluding ortho intramolecular Hbond substituents is 1. The lowest BCUT2D eigenvalue weighted by molar-refractivity contribution is 0.426. The fourth-order valence-electron chi connectivity index (χ4n) is 1.98. The molecule has 5 heteroatoms. The maximum absolute atomic E-state index is 9.90. The normalized spacial score (nSPS) is 10.4. The summed E-state index contributed by atoms with van der Waals surface area (Å²) < 4.78 is 0. The quantitative estimate of drug-likeness (QED) is 0.722. The first-order valence-electron chi connectivity index (χ1n) is 5.45. The van der Waals surface area contributed by atoms with Gasteiger partial charge in [0.1, 0.15) is 5.75 Å². The highest BCUT2D eigenvalue weighted by atomic mass is 35.5. The maximum Gasteiger partial charge on any atom is 0.489 e. The minimum Gasteiger partial charge on any atom is -0.507 e. The van der Waals surface area contributed by atoms with Crippen molar-refractivity contribution in [3.05, 3.63) is 47.0 Å². The van der Waals surface area contributed by atoms with E-state index in [0.29, 0.717) is 21.6 Å². The molecule has 0 aliphatic carbocycles. The Bertz CT molecular complexity index is 584. The molecule has 2 aromatic carbocycles. The van der Waals surface area contributed by atoms with Crippen molar-refractivity contribution < 1.29 is 15.2 Å². The number of hydrogen-bond acceptors (Lipinski definition) is 3. The van der Waals surface area contributed by atoms with E-state index in [9.17, 15) is 15.2 Å². The van der Waals surface area contributed by atoms with Gasteiger partial charge in [-0.2, -0.15) is 0 Å². The number of hydrogen-bond donors (Lipinski definition) is 3. The second-order valence-corrected chi connectivity index (χ2v) is 4.51. The average molecular weight is 263 g/mol. The van der Waals surface area contributed by atoms with Gasteiger partial charge in [0.2, 0.25) is 0 Å². The summed E-state index contributed by atoms with van der Waals surface area (Å²) >= 11 is 5.91. The highest BCUT2D eigenvalue weighted by Gasteiger charge is 2.20. The molecular weight excluding hydrogens is 250 g/mol. The van der Waals surface area contributed by atoms with Gasteiger partial charge in [0, 0.05) is 10.6 Å². The molecule has 0 aromatic heterocycles. The molecular formula is C13H12BClO3. The molecule has 2 aromatic rings. The van der Waals surface area contributed by atoms with E-state index >= 15 is 0 Å². The lowest BCUT2D eigenvalue weighted by Crippen LogP contribution is -2.32. The molecule has 18 heavy (non-hydrogen) atoms. The van der Waals surface area contributed by atoms with Gasteiger partial charge in [-0.05, 0) is 41.7 Å². The molecule has 0 atom stereocenters. The predicted octanol–water partition coefficient (Wildman–Crippen LogP) is 1.70. The Morgan fingerprint density at radius 1 is 1.11 bits per heavy atom. The van der Waals surface area contributed by atoms with Crippen LogP contribution in [0, 0.1) is 6.92 Å². The van der Waals surface area contributed by atoms with Crippen LogP contribution in [0.2, 0.25) is 5.02 Å². The number of rotatable bonds is 2. The lowest BCUT2D eigenvalue weighted by atomic mass is 9.74. The third kappa shape index (κ3) is 2.36. The average Bonchev–Trinajstić information content (AvgIpc) is 2.32. The van der Waals surface area contributed by atoms with Crippen LogP contribution in [0.4, 0.5) is 0 Å². The summed E-state index contributed by atoms with van der Waals surface area (Å²) in [4.78, 5) is 0. The maximum atomic E-state index is 9.90. The van der Waals surface area contributed by atoms with Crippen molar-refractivity contribution >= 4 is 24.2 Å². The Balaban J connectivity index is 2.73. The largest absolute Gasteiger partial charge is 0.507 e. The zero-order valence-corrected chi connectivity index (χ0v) is 10.5. The third-order valence-electron chi connectivity index (χ3n) is 2.81. The van der Waals surface area contributed by atoms with Crippen LogP contribution in [0.5, 0.6) is 5.75 Å².